The van der Waals surface area contributed by atoms with Crippen LogP contribution in [0.5, 0.6) is 0 Å². The van der Waals surface area contributed by atoms with Crippen molar-refractivity contribution in [1.29, 1.82) is 0 Å². The van der Waals surface area contributed by atoms with E-state index in [-0.39, 0.29) is 0 Å². The highest BCUT2D eigenvalue weighted by Crippen LogP contribution is 2.31. The van der Waals surface area contributed by atoms with Crippen LogP contribution in [0.25, 0.3) is 43.8 Å². The van der Waals surface area contributed by atoms with E-state index >= 15 is 0 Å². The van der Waals surface area contributed by atoms with Crippen LogP contribution in [0.2, 0.25) is 19.6 Å². The van der Waals surface area contributed by atoms with Crippen LogP contribution in [0.1, 0.15) is 17.5 Å². The Labute approximate surface area is 267 Å². The highest BCUT2D eigenvalue weighted by molar-refractivity contribution is 6.90. The third-order valence-corrected chi connectivity index (χ3v) is 11.1. The molecule has 1 aliphatic carbocycles. The van der Waals surface area contributed by atoms with Crippen molar-refractivity contribution in [3.63, 3.8) is 0 Å². The molecule has 0 saturated heterocycles. The lowest BCUT2D eigenvalue weighted by Crippen LogP contribution is -2.38. The van der Waals surface area contributed by atoms with E-state index in [0.29, 0.717) is 0 Å². The predicted octanol–water partition coefficient (Wildman–Crippen LogP) is 9.68. The van der Waals surface area contributed by atoms with Gasteiger partial charge >= 0.3 is 0 Å². The van der Waals surface area contributed by atoms with Crippen molar-refractivity contribution in [1.82, 2.24) is 0 Å². The van der Waals surface area contributed by atoms with E-state index in [2.05, 4.69) is 178 Å². The second-order valence-electron chi connectivity index (χ2n) is 13.0. The van der Waals surface area contributed by atoms with Crippen LogP contribution < -0.4 is 15.6 Å². The summed E-state index contributed by atoms with van der Waals surface area (Å²) in [6.45, 7) is 11.8. The molecule has 45 heavy (non-hydrogen) atoms. The minimum Gasteiger partial charge on any atom is -0.0911 e. The molecule has 0 aliphatic heterocycles. The van der Waals surface area contributed by atoms with Gasteiger partial charge < -0.3 is 0 Å². The van der Waals surface area contributed by atoms with Gasteiger partial charge in [-0.2, -0.15) is 0 Å². The van der Waals surface area contributed by atoms with Gasteiger partial charge in [-0.1, -0.05) is 177 Å². The molecule has 0 bridgehead atoms. The first-order valence-corrected chi connectivity index (χ1v) is 19.4. The van der Waals surface area contributed by atoms with Crippen LogP contribution >= 0.6 is 0 Å². The zero-order valence-electron chi connectivity index (χ0n) is 26.3. The van der Waals surface area contributed by atoms with Gasteiger partial charge in [0.2, 0.25) is 0 Å². The largest absolute Gasteiger partial charge is 0.0911 e. The van der Waals surface area contributed by atoms with Crippen LogP contribution in [0.4, 0.5) is 0 Å². The van der Waals surface area contributed by atoms with Crippen molar-refractivity contribution in [2.45, 2.75) is 26.1 Å². The number of benzene rings is 6. The average Bonchev–Trinajstić information content (AvgIpc) is 3.06. The van der Waals surface area contributed by atoms with E-state index < -0.39 is 8.07 Å². The second-order valence-corrected chi connectivity index (χ2v) is 18.0. The Hall–Kier alpha value is -4.98. The SMILES string of the molecule is C=C1/C=C\C=C/C/C(c2ccc(-c3ccc([Si](C)(C)C)c4ccccc34)cc2)=c2/cccc/c2=C/1c1ccc2ccccc2c1. The molecular weight excluding hydrogens is 557 g/mol. The van der Waals surface area contributed by atoms with Crippen molar-refractivity contribution in [2.75, 3.05) is 0 Å². The number of fused-ring (bicyclic) bond motifs is 3. The van der Waals surface area contributed by atoms with E-state index in [1.807, 2.05) is 0 Å². The summed E-state index contributed by atoms with van der Waals surface area (Å²) in [7, 11) is -1.48. The summed E-state index contributed by atoms with van der Waals surface area (Å²) in [5.74, 6) is 0. The Morgan fingerprint density at radius 2 is 1.20 bits per heavy atom. The Kier molecular flexibility index (Phi) is 7.57. The van der Waals surface area contributed by atoms with E-state index in [1.165, 1.54) is 70.6 Å². The summed E-state index contributed by atoms with van der Waals surface area (Å²) in [6.07, 6.45) is 9.50. The molecule has 0 nitrogen and oxygen atoms in total. The zero-order valence-corrected chi connectivity index (χ0v) is 27.3. The standard InChI is InChI=1S/C44H38Si/c1-31-14-6-5-7-17-37(40-19-11-13-21-42(40)44(31)36-27-22-32-15-8-9-16-35(32)30-36)33-23-25-34(26-24-33)38-28-29-43(45(2,3)4)41-20-12-10-18-39(38)41/h5-16,18-30H,1,17H2,2-4H3/b7-5-,14-6-,40-37+,44-42+. The summed E-state index contributed by atoms with van der Waals surface area (Å²) in [4.78, 5) is 0. The van der Waals surface area contributed by atoms with E-state index in [0.717, 1.165) is 12.0 Å². The lowest BCUT2D eigenvalue weighted by molar-refractivity contribution is 1.32. The molecule has 6 aromatic rings. The number of hydrogen-bond acceptors (Lipinski definition) is 0. The third kappa shape index (κ3) is 5.56. The molecule has 0 spiro atoms. The molecule has 0 unspecified atom stereocenters. The van der Waals surface area contributed by atoms with Gasteiger partial charge in [-0.05, 0) is 83.4 Å². The average molecular weight is 595 g/mol. The quantitative estimate of drug-likeness (QED) is 0.178. The Balaban J connectivity index is 1.43. The molecule has 0 heterocycles. The summed E-state index contributed by atoms with van der Waals surface area (Å²) in [5, 5.41) is 9.19. The first-order valence-electron chi connectivity index (χ1n) is 15.9. The first-order chi connectivity index (χ1) is 21.9. The van der Waals surface area contributed by atoms with Crippen LogP contribution in [-0.2, 0) is 0 Å². The van der Waals surface area contributed by atoms with Crippen LogP contribution in [0, 0.1) is 0 Å². The molecule has 1 aliphatic rings. The Morgan fingerprint density at radius 3 is 1.98 bits per heavy atom. The van der Waals surface area contributed by atoms with Gasteiger partial charge in [0.1, 0.15) is 0 Å². The molecule has 6 aromatic carbocycles. The van der Waals surface area contributed by atoms with Gasteiger partial charge in [0.15, 0.2) is 0 Å². The van der Waals surface area contributed by atoms with Crippen molar-refractivity contribution in [3.8, 4) is 11.1 Å². The fourth-order valence-corrected chi connectivity index (χ4v) is 8.39. The summed E-state index contributed by atoms with van der Waals surface area (Å²) < 4.78 is 0. The molecule has 0 radical (unpaired) electrons. The number of hydrogen-bond donors (Lipinski definition) is 0. The Morgan fingerprint density at radius 1 is 0.556 bits per heavy atom. The van der Waals surface area contributed by atoms with Crippen molar-refractivity contribution < 1.29 is 0 Å². The zero-order chi connectivity index (χ0) is 31.0. The van der Waals surface area contributed by atoms with E-state index in [1.54, 1.807) is 0 Å². The molecule has 0 saturated carbocycles. The highest BCUT2D eigenvalue weighted by atomic mass is 28.3. The smallest absolute Gasteiger partial charge is 0.0784 e. The summed E-state index contributed by atoms with van der Waals surface area (Å²) in [6, 6.07) is 47.0. The Bertz CT molecular complexity index is 2270. The van der Waals surface area contributed by atoms with Crippen LogP contribution in [0.15, 0.2) is 164 Å². The number of rotatable bonds is 4. The van der Waals surface area contributed by atoms with Crippen molar-refractivity contribution in [3.05, 3.63) is 185 Å². The normalized spacial score (nSPS) is 17.6. The molecule has 0 N–H and O–H groups in total. The second kappa shape index (κ2) is 11.8. The molecule has 0 fully saturated rings. The van der Waals surface area contributed by atoms with E-state index in [9.17, 15) is 0 Å². The number of allylic oxidation sites excluding steroid dienone is 5. The maximum atomic E-state index is 4.55. The molecule has 218 valence electrons. The predicted molar refractivity (Wildman–Crippen MR) is 199 cm³/mol. The maximum Gasteiger partial charge on any atom is 0.0784 e. The van der Waals surface area contributed by atoms with Crippen molar-refractivity contribution in [2.24, 2.45) is 0 Å². The monoisotopic (exact) mass is 594 g/mol. The summed E-state index contributed by atoms with van der Waals surface area (Å²) in [5.41, 5.74) is 8.47. The molecule has 1 heteroatoms. The van der Waals surface area contributed by atoms with Gasteiger partial charge in [0.25, 0.3) is 0 Å². The maximum absolute atomic E-state index is 4.55. The first kappa shape index (κ1) is 28.8. The van der Waals surface area contributed by atoms with Gasteiger partial charge in [-0.3, -0.25) is 0 Å². The fourth-order valence-electron chi connectivity index (χ4n) is 6.78. The summed E-state index contributed by atoms with van der Waals surface area (Å²) >= 11 is 0. The molecule has 0 amide bonds. The lowest BCUT2D eigenvalue weighted by Gasteiger charge is -2.21. The minimum atomic E-state index is -1.48. The van der Waals surface area contributed by atoms with E-state index in [4.69, 9.17) is 0 Å². The highest BCUT2D eigenvalue weighted by Gasteiger charge is 2.20. The van der Waals surface area contributed by atoms with Gasteiger partial charge in [-0.25, -0.2) is 0 Å². The topological polar surface area (TPSA) is 0 Å². The minimum absolute atomic E-state index is 0.839. The molecule has 7 rings (SSSR count). The van der Waals surface area contributed by atoms with Crippen LogP contribution in [0.3, 0.4) is 0 Å². The van der Waals surface area contributed by atoms with Gasteiger partial charge in [-0.15, -0.1) is 0 Å². The fraction of sp³-hybridized carbons (Fsp3) is 0.0909. The van der Waals surface area contributed by atoms with Gasteiger partial charge in [0.05, 0.1) is 8.07 Å². The van der Waals surface area contributed by atoms with Crippen molar-refractivity contribution >= 4 is 46.0 Å². The lowest BCUT2D eigenvalue weighted by atomic mass is 9.90. The third-order valence-electron chi connectivity index (χ3n) is 9.02. The molecule has 0 aromatic heterocycles. The molecule has 0 atom stereocenters. The molecular formula is C44H38Si. The van der Waals surface area contributed by atoms with Crippen LogP contribution in [-0.4, -0.2) is 8.07 Å². The van der Waals surface area contributed by atoms with Gasteiger partial charge in [0, 0.05) is 0 Å².